The topological polar surface area (TPSA) is 241 Å². The predicted octanol–water partition coefficient (Wildman–Crippen LogP) is 8.16. The number of piperazine rings is 1. The summed E-state index contributed by atoms with van der Waals surface area (Å²) in [6.45, 7) is 9.43. The average Bonchev–Trinajstić information content (AvgIpc) is 4.28. The van der Waals surface area contributed by atoms with Crippen LogP contribution in [0.1, 0.15) is 87.5 Å². The number of phenols is 1. The van der Waals surface area contributed by atoms with Gasteiger partial charge in [-0.25, -0.2) is 9.97 Å². The number of ether oxygens (including phenoxy) is 3. The van der Waals surface area contributed by atoms with Crippen molar-refractivity contribution in [2.45, 2.75) is 108 Å². The Morgan fingerprint density at radius 2 is 1.68 bits per heavy atom. The fourth-order valence-corrected chi connectivity index (χ4v) is 12.0. The summed E-state index contributed by atoms with van der Waals surface area (Å²) in [6.07, 6.45) is 9.95. The Labute approximate surface area is 456 Å². The molecule has 4 fully saturated rings. The van der Waals surface area contributed by atoms with E-state index in [1.54, 1.807) is 35.7 Å². The number of hydrogen-bond donors (Lipinski definition) is 4. The zero-order valence-corrected chi connectivity index (χ0v) is 44.7. The van der Waals surface area contributed by atoms with Gasteiger partial charge in [-0.05, 0) is 97.4 Å². The Balaban J connectivity index is 0.623. The van der Waals surface area contributed by atoms with Crippen LogP contribution in [0.2, 0.25) is 0 Å². The van der Waals surface area contributed by atoms with E-state index in [0.717, 1.165) is 71.8 Å². The summed E-state index contributed by atoms with van der Waals surface area (Å²) >= 11 is 1.58. The summed E-state index contributed by atoms with van der Waals surface area (Å²) < 4.78 is 24.1. The van der Waals surface area contributed by atoms with E-state index in [1.807, 2.05) is 112 Å². The molecule has 5 N–H and O–H groups in total. The van der Waals surface area contributed by atoms with E-state index in [-0.39, 0.29) is 79.3 Å². The SMILES string of the molecule is Cc1ncsc1-c1ccc([C@H](C)NC(=O)[C@@H]2C[C@@H](O)CN2C(=O)[C@@H](c2cc(OC/C=C/c3ccc(O[C@H]4C[C@H](Oc5cc(N6C7CCC6CN(c6cc(-c8ccccc8O)nnc6N)C7)ccn5)C4)cn3)no2)C(C)C)cc1. The van der Waals surface area contributed by atoms with Crippen molar-refractivity contribution >= 4 is 46.4 Å². The number of phenolic OH excluding ortho intramolecular Hbond substituents is 1. The van der Waals surface area contributed by atoms with Crippen molar-refractivity contribution in [1.82, 2.24) is 40.5 Å². The fourth-order valence-electron chi connectivity index (χ4n) is 11.1. The first-order valence-corrected chi connectivity index (χ1v) is 27.4. The highest BCUT2D eigenvalue weighted by Gasteiger charge is 2.44. The number of β-amino-alcohol motifs (C(OH)–C–C–N with tert-alkyl or cyclic N) is 1. The number of benzene rings is 2. The van der Waals surface area contributed by atoms with E-state index in [4.69, 9.17) is 24.5 Å². The van der Waals surface area contributed by atoms with Crippen LogP contribution in [-0.2, 0) is 9.59 Å². The van der Waals surface area contributed by atoms with E-state index >= 15 is 0 Å². The lowest BCUT2D eigenvalue weighted by Crippen LogP contribution is -2.54. The van der Waals surface area contributed by atoms with E-state index in [9.17, 15) is 19.8 Å². The van der Waals surface area contributed by atoms with Crippen molar-refractivity contribution in [2.24, 2.45) is 5.92 Å². The second-order valence-electron chi connectivity index (χ2n) is 21.0. The molecule has 1 saturated carbocycles. The third-order valence-electron chi connectivity index (χ3n) is 15.2. The monoisotopic (exact) mass is 1070 g/mol. The normalized spacial score (nSPS) is 21.6. The molecule has 1 aliphatic carbocycles. The average molecular weight is 1070 g/mol. The van der Waals surface area contributed by atoms with Crippen LogP contribution in [0.5, 0.6) is 23.3 Å². The maximum absolute atomic E-state index is 14.2. The lowest BCUT2D eigenvalue weighted by Gasteiger charge is -2.43. The summed E-state index contributed by atoms with van der Waals surface area (Å²) in [7, 11) is 0. The van der Waals surface area contributed by atoms with Crippen LogP contribution in [0.3, 0.4) is 0 Å². The number of thiazole rings is 1. The quantitative estimate of drug-likeness (QED) is 0.0634. The maximum atomic E-state index is 14.2. The number of anilines is 3. The molecule has 11 rings (SSSR count). The van der Waals surface area contributed by atoms with Crippen molar-refractivity contribution in [3.05, 3.63) is 132 Å². The van der Waals surface area contributed by atoms with Crippen LogP contribution in [0.15, 0.2) is 113 Å². The molecule has 2 amide bonds. The molecule has 4 aliphatic rings. The Hall–Kier alpha value is -8.10. The van der Waals surface area contributed by atoms with E-state index in [0.29, 0.717) is 40.2 Å². The van der Waals surface area contributed by atoms with Gasteiger partial charge in [0.15, 0.2) is 11.6 Å². The van der Waals surface area contributed by atoms with Crippen molar-refractivity contribution in [3.63, 3.8) is 0 Å². The van der Waals surface area contributed by atoms with Crippen molar-refractivity contribution in [3.8, 4) is 45.0 Å². The van der Waals surface area contributed by atoms with E-state index < -0.39 is 18.1 Å². The van der Waals surface area contributed by atoms with Crippen LogP contribution < -0.4 is 35.1 Å². The van der Waals surface area contributed by atoms with Gasteiger partial charge in [0, 0.05) is 80.6 Å². The largest absolute Gasteiger partial charge is 0.507 e. The zero-order chi connectivity index (χ0) is 54.0. The number of hydrogen-bond acceptors (Lipinski definition) is 18. The zero-order valence-electron chi connectivity index (χ0n) is 43.9. The number of rotatable bonds is 18. The molecule has 3 aliphatic heterocycles. The third kappa shape index (κ3) is 11.2. The Kier molecular flexibility index (Phi) is 15.0. The van der Waals surface area contributed by atoms with E-state index in [1.165, 1.54) is 4.90 Å². The summed E-state index contributed by atoms with van der Waals surface area (Å²) in [4.78, 5) is 48.7. The van der Waals surface area contributed by atoms with Crippen LogP contribution in [-0.4, -0.2) is 120 Å². The highest BCUT2D eigenvalue weighted by Crippen LogP contribution is 2.41. The second-order valence-corrected chi connectivity index (χ2v) is 21.8. The minimum absolute atomic E-state index is 0.0102. The Morgan fingerprint density at radius 1 is 0.897 bits per heavy atom. The third-order valence-corrected chi connectivity index (χ3v) is 16.2. The number of likely N-dealkylation sites (tertiary alicyclic amines) is 1. The molecule has 5 aromatic heterocycles. The minimum atomic E-state index is -0.851. The lowest BCUT2D eigenvalue weighted by atomic mass is 9.91. The van der Waals surface area contributed by atoms with Crippen LogP contribution >= 0.6 is 11.3 Å². The number of para-hydroxylation sites is 1. The first-order valence-electron chi connectivity index (χ1n) is 26.6. The number of carbonyl (C=O) groups is 2. The van der Waals surface area contributed by atoms with Gasteiger partial charge >= 0.3 is 0 Å². The number of aryl methyl sites for hydroxylation is 1. The molecule has 20 heteroatoms. The Bertz CT molecular complexity index is 3260. The van der Waals surface area contributed by atoms with Gasteiger partial charge in [0.05, 0.1) is 51.5 Å². The number of nitrogens with zero attached hydrogens (tertiary/aromatic N) is 9. The highest BCUT2D eigenvalue weighted by atomic mass is 32.1. The number of aliphatic hydroxyl groups is 1. The van der Waals surface area contributed by atoms with Crippen molar-refractivity contribution in [2.75, 3.05) is 41.8 Å². The van der Waals surface area contributed by atoms with Crippen molar-refractivity contribution < 1.29 is 38.5 Å². The molecule has 3 saturated heterocycles. The number of pyridine rings is 2. The first-order chi connectivity index (χ1) is 37.8. The predicted molar refractivity (Wildman–Crippen MR) is 295 cm³/mol. The molecule has 0 radical (unpaired) electrons. The molecule has 78 heavy (non-hydrogen) atoms. The highest BCUT2D eigenvalue weighted by molar-refractivity contribution is 7.13. The van der Waals surface area contributed by atoms with Gasteiger partial charge in [0.2, 0.25) is 17.7 Å². The molecule has 2 bridgehead atoms. The lowest BCUT2D eigenvalue weighted by molar-refractivity contribution is -0.141. The summed E-state index contributed by atoms with van der Waals surface area (Å²) in [5, 5.41) is 36.8. The van der Waals surface area contributed by atoms with Gasteiger partial charge < -0.3 is 54.7 Å². The molecule has 2 unspecified atom stereocenters. The molecule has 0 spiro atoms. The second kappa shape index (κ2) is 22.5. The number of aromatic hydroxyl groups is 1. The number of nitrogen functional groups attached to an aromatic ring is 1. The van der Waals surface area contributed by atoms with Crippen LogP contribution in [0.25, 0.3) is 27.8 Å². The smallest absolute Gasteiger partial charge is 0.254 e. The van der Waals surface area contributed by atoms with E-state index in [2.05, 4.69) is 51.5 Å². The number of nitrogens with two attached hydrogens (primary N) is 1. The molecule has 404 valence electrons. The van der Waals surface area contributed by atoms with Crippen molar-refractivity contribution in [1.29, 1.82) is 0 Å². The molecule has 19 nitrogen and oxygen atoms in total. The maximum Gasteiger partial charge on any atom is 0.254 e. The molecule has 6 atom stereocenters. The van der Waals surface area contributed by atoms with Gasteiger partial charge in [-0.2, -0.15) is 0 Å². The molecular formula is C58H63N11O8S. The summed E-state index contributed by atoms with van der Waals surface area (Å²) in [6, 6.07) is 25.8. The number of fused-ring (bicyclic) bond motifs is 2. The number of nitrogens with one attached hydrogen (secondary N) is 1. The first kappa shape index (κ1) is 52.0. The van der Waals surface area contributed by atoms with Gasteiger partial charge in [0.1, 0.15) is 42.3 Å². The van der Waals surface area contributed by atoms with Crippen LogP contribution in [0.4, 0.5) is 17.2 Å². The minimum Gasteiger partial charge on any atom is -0.507 e. The standard InChI is InChI=1S/C58H63N11O8S/c1-33(2)54(58(73)68-31-42(70)23-49(68)57(72)63-34(3)36-11-13-37(14-12-36)55-35(4)62-32-78-55)51-27-53(66-77-51)74-21-7-8-38-15-18-43(28-61-38)75-44-24-45(25-44)76-52-22-39(19-20-60-52)69-40-16-17-41(69)30-67(29-40)48-26-47(64-65-56(48)59)46-9-5-6-10-50(46)71/h5-15,18-20,22,26-28,32-34,40-42,44-45,49,54,70-71H,16-17,21,23-25,29-31H2,1-4H3,(H2,59,65)(H,63,72)/b8-7+/t34-,40?,41?,42+,44-,45-,49-,54+/m0/s1. The number of aliphatic hydroxyl groups excluding tert-OH is 1. The summed E-state index contributed by atoms with van der Waals surface area (Å²) in [5.74, 6) is 0.684. The summed E-state index contributed by atoms with van der Waals surface area (Å²) in [5.41, 5.74) is 15.0. The number of aromatic nitrogens is 6. The van der Waals surface area contributed by atoms with Gasteiger partial charge in [-0.3, -0.25) is 14.6 Å². The molecule has 8 heterocycles. The van der Waals surface area contributed by atoms with Gasteiger partial charge in [-0.15, -0.1) is 21.5 Å². The molecule has 2 aromatic carbocycles. The van der Waals surface area contributed by atoms with Gasteiger partial charge in [-0.1, -0.05) is 50.2 Å². The molecular weight excluding hydrogens is 1010 g/mol. The molecule has 7 aromatic rings. The van der Waals surface area contributed by atoms with Gasteiger partial charge in [0.25, 0.3) is 5.88 Å². The number of carbonyl (C=O) groups excluding carboxylic acids is 2. The Morgan fingerprint density at radius 3 is 2.41 bits per heavy atom. The number of amides is 2. The fraction of sp³-hybridized carbons (Fsp3) is 0.379. The van der Waals surface area contributed by atoms with Crippen LogP contribution in [0, 0.1) is 12.8 Å².